The molecule has 0 aliphatic rings. The van der Waals surface area contributed by atoms with Crippen LogP contribution < -0.4 is 0 Å². The molecule has 0 fully saturated rings. The molecule has 0 aromatic rings. The fraction of sp³-hybridized carbons (Fsp3) is 0.949. The van der Waals surface area contributed by atoms with Crippen LogP contribution in [0, 0.1) is 5.92 Å². The number of hydrogen-bond donors (Lipinski definition) is 3. The molecule has 0 rings (SSSR count). The normalized spacial score (nSPS) is 13.9. The summed E-state index contributed by atoms with van der Waals surface area (Å²) in [4.78, 5) is 72.8. The van der Waals surface area contributed by atoms with Gasteiger partial charge < -0.3 is 33.8 Å². The Bertz CT molecular complexity index is 1870. The van der Waals surface area contributed by atoms with Gasteiger partial charge in [0.25, 0.3) is 0 Å². The summed E-state index contributed by atoms with van der Waals surface area (Å²) in [5.74, 6) is -1.33. The second kappa shape index (κ2) is 72.0. The molecule has 0 heterocycles. The minimum atomic E-state index is -4.96. The quantitative estimate of drug-likeness (QED) is 0.0222. The van der Waals surface area contributed by atoms with Gasteiger partial charge in [-0.3, -0.25) is 37.3 Å². The number of carbonyl (C=O) groups excluding carboxylic acids is 4. The van der Waals surface area contributed by atoms with Gasteiger partial charge in [-0.2, -0.15) is 0 Å². The molecule has 0 saturated heterocycles. The monoisotopic (exact) mass is 1440 g/mol. The van der Waals surface area contributed by atoms with Crippen molar-refractivity contribution in [1.82, 2.24) is 0 Å². The van der Waals surface area contributed by atoms with Crippen LogP contribution in [0.4, 0.5) is 0 Å². The number of phosphoric acid groups is 2. The van der Waals surface area contributed by atoms with Crippen LogP contribution >= 0.6 is 15.6 Å². The Balaban J connectivity index is 5.17. The molecule has 3 N–H and O–H groups in total. The lowest BCUT2D eigenvalue weighted by Crippen LogP contribution is -2.30. The van der Waals surface area contributed by atoms with Crippen molar-refractivity contribution in [3.8, 4) is 0 Å². The smallest absolute Gasteiger partial charge is 0.462 e. The largest absolute Gasteiger partial charge is 0.472 e. The third-order valence-electron chi connectivity index (χ3n) is 18.5. The first kappa shape index (κ1) is 96.1. The molecule has 98 heavy (non-hydrogen) atoms. The molecule has 0 aromatic carbocycles. The molecule has 0 spiro atoms. The lowest BCUT2D eigenvalue weighted by molar-refractivity contribution is -0.161. The number of esters is 4. The van der Waals surface area contributed by atoms with Gasteiger partial charge >= 0.3 is 39.5 Å². The number of aliphatic hydroxyl groups excluding tert-OH is 1. The van der Waals surface area contributed by atoms with Crippen LogP contribution in [0.2, 0.25) is 0 Å². The summed E-state index contributed by atoms with van der Waals surface area (Å²) < 4.78 is 68.5. The van der Waals surface area contributed by atoms with E-state index >= 15 is 0 Å². The topological polar surface area (TPSA) is 237 Å². The van der Waals surface area contributed by atoms with E-state index in [-0.39, 0.29) is 25.7 Å². The van der Waals surface area contributed by atoms with E-state index < -0.39 is 97.5 Å². The lowest BCUT2D eigenvalue weighted by atomic mass is 10.0. The van der Waals surface area contributed by atoms with Crippen LogP contribution in [0.1, 0.15) is 420 Å². The Labute approximate surface area is 600 Å². The Hall–Kier alpha value is -1.94. The standard InChI is InChI=1S/C79H154O17P2/c1-6-9-12-15-18-21-23-25-26-27-28-29-30-31-32-33-35-41-45-50-55-60-65-79(84)96-75(69-90-77(82)63-58-53-48-43-39-37-36-38-42-46-51-56-61-72(4)5)71-94-98(87,88)92-67-73(80)66-91-97(85,86)93-70-74(68-89-76(81)62-57-52-47-20-17-14-11-8-3)95-78(83)64-59-54-49-44-40-34-24-22-19-16-13-10-7-2/h72-75,80H,6-71H2,1-5H3,(H,85,86)(H,87,88)/t73-,74+,75+/m0/s1. The molecule has 5 atom stereocenters. The van der Waals surface area contributed by atoms with Gasteiger partial charge in [0.1, 0.15) is 19.3 Å². The fourth-order valence-corrected chi connectivity index (χ4v) is 13.8. The lowest BCUT2D eigenvalue weighted by Gasteiger charge is -2.21. The molecule has 19 heteroatoms. The van der Waals surface area contributed by atoms with Crippen LogP contribution in [0.5, 0.6) is 0 Å². The zero-order valence-corrected chi connectivity index (χ0v) is 65.7. The van der Waals surface area contributed by atoms with Gasteiger partial charge in [-0.25, -0.2) is 9.13 Å². The molecular weight excluding hydrogens is 1280 g/mol. The van der Waals surface area contributed by atoms with E-state index in [2.05, 4.69) is 34.6 Å². The number of aliphatic hydroxyl groups is 1. The molecule has 582 valence electrons. The third kappa shape index (κ3) is 72.4. The zero-order chi connectivity index (χ0) is 71.9. The van der Waals surface area contributed by atoms with Crippen molar-refractivity contribution in [3.05, 3.63) is 0 Å². The highest BCUT2D eigenvalue weighted by atomic mass is 31.2. The van der Waals surface area contributed by atoms with E-state index in [1.54, 1.807) is 0 Å². The van der Waals surface area contributed by atoms with Crippen LogP contribution in [0.15, 0.2) is 0 Å². The molecule has 17 nitrogen and oxygen atoms in total. The van der Waals surface area contributed by atoms with Crippen LogP contribution in [0.25, 0.3) is 0 Å². The highest BCUT2D eigenvalue weighted by Crippen LogP contribution is 2.45. The van der Waals surface area contributed by atoms with Gasteiger partial charge in [-0.1, -0.05) is 369 Å². The first-order valence-electron chi connectivity index (χ1n) is 41.1. The van der Waals surface area contributed by atoms with Gasteiger partial charge in [0.2, 0.25) is 0 Å². The predicted molar refractivity (Wildman–Crippen MR) is 400 cm³/mol. The second-order valence-corrected chi connectivity index (χ2v) is 31.8. The van der Waals surface area contributed by atoms with Crippen molar-refractivity contribution in [3.63, 3.8) is 0 Å². The zero-order valence-electron chi connectivity index (χ0n) is 63.9. The first-order chi connectivity index (χ1) is 47.5. The maximum Gasteiger partial charge on any atom is 0.472 e. The van der Waals surface area contributed by atoms with Gasteiger partial charge in [-0.05, 0) is 31.6 Å². The highest BCUT2D eigenvalue weighted by molar-refractivity contribution is 7.47. The average molecular weight is 1440 g/mol. The molecule has 0 radical (unpaired) electrons. The summed E-state index contributed by atoms with van der Waals surface area (Å²) in [6, 6.07) is 0. The summed E-state index contributed by atoms with van der Waals surface area (Å²) >= 11 is 0. The third-order valence-corrected chi connectivity index (χ3v) is 20.4. The summed E-state index contributed by atoms with van der Waals surface area (Å²) in [6.45, 7) is 7.30. The van der Waals surface area contributed by atoms with Gasteiger partial charge in [-0.15, -0.1) is 0 Å². The molecule has 0 saturated carbocycles. The minimum absolute atomic E-state index is 0.108. The van der Waals surface area contributed by atoms with Crippen molar-refractivity contribution in [2.24, 2.45) is 5.92 Å². The number of unbranched alkanes of at least 4 members (excludes halogenated alkanes) is 51. The molecule has 0 bridgehead atoms. The van der Waals surface area contributed by atoms with E-state index in [9.17, 15) is 43.2 Å². The van der Waals surface area contributed by atoms with E-state index in [1.807, 2.05) is 0 Å². The van der Waals surface area contributed by atoms with Gasteiger partial charge in [0.05, 0.1) is 26.4 Å². The molecule has 0 aromatic heterocycles. The van der Waals surface area contributed by atoms with E-state index in [4.69, 9.17) is 37.0 Å². The average Bonchev–Trinajstić information content (AvgIpc) is 1.18. The highest BCUT2D eigenvalue weighted by Gasteiger charge is 2.30. The minimum Gasteiger partial charge on any atom is -0.462 e. The first-order valence-corrected chi connectivity index (χ1v) is 44.1. The molecular formula is C79H154O17P2. The fourth-order valence-electron chi connectivity index (χ4n) is 12.2. The molecule has 0 aliphatic carbocycles. The van der Waals surface area contributed by atoms with Crippen LogP contribution in [-0.2, 0) is 65.4 Å². The van der Waals surface area contributed by atoms with Crippen molar-refractivity contribution >= 4 is 39.5 Å². The molecule has 0 amide bonds. The maximum atomic E-state index is 13.1. The van der Waals surface area contributed by atoms with E-state index in [0.29, 0.717) is 25.7 Å². The van der Waals surface area contributed by atoms with Crippen LogP contribution in [0.3, 0.4) is 0 Å². The molecule has 2 unspecified atom stereocenters. The number of phosphoric ester groups is 2. The van der Waals surface area contributed by atoms with Gasteiger partial charge in [0, 0.05) is 25.7 Å². The van der Waals surface area contributed by atoms with Crippen molar-refractivity contribution < 1.29 is 80.2 Å². The van der Waals surface area contributed by atoms with Crippen LogP contribution in [-0.4, -0.2) is 96.7 Å². The van der Waals surface area contributed by atoms with Crippen molar-refractivity contribution in [1.29, 1.82) is 0 Å². The summed E-state index contributed by atoms with van der Waals surface area (Å²) in [5, 5.41) is 10.6. The van der Waals surface area contributed by atoms with Crippen molar-refractivity contribution in [2.75, 3.05) is 39.6 Å². The molecule has 0 aliphatic heterocycles. The number of carbonyl (C=O) groups is 4. The van der Waals surface area contributed by atoms with E-state index in [0.717, 1.165) is 102 Å². The SMILES string of the molecule is CCCCCCCCCCCCCCCCCCCCCCCCC(=O)O[C@H](COC(=O)CCCCCCCCCCCCCCC(C)C)COP(=O)(O)OC[C@@H](O)COP(=O)(O)OC[C@@H](COC(=O)CCCCCCCCCC)OC(=O)CCCCCCCCCCCCCCC. The Morgan fingerprint density at radius 1 is 0.276 bits per heavy atom. The Kier molecular flexibility index (Phi) is 70.6. The Morgan fingerprint density at radius 3 is 0.694 bits per heavy atom. The maximum absolute atomic E-state index is 13.1. The van der Waals surface area contributed by atoms with Crippen molar-refractivity contribution in [2.45, 2.75) is 438 Å². The predicted octanol–water partition coefficient (Wildman–Crippen LogP) is 23.6. The summed E-state index contributed by atoms with van der Waals surface area (Å²) in [6.07, 6.45) is 62.6. The number of rotatable bonds is 79. The summed E-state index contributed by atoms with van der Waals surface area (Å²) in [7, 11) is -9.91. The Morgan fingerprint density at radius 2 is 0.469 bits per heavy atom. The van der Waals surface area contributed by atoms with E-state index in [1.165, 1.54) is 238 Å². The number of hydrogen-bond acceptors (Lipinski definition) is 15. The van der Waals surface area contributed by atoms with Gasteiger partial charge in [0.15, 0.2) is 12.2 Å². The number of ether oxygens (including phenoxy) is 4. The second-order valence-electron chi connectivity index (χ2n) is 28.9. The summed E-state index contributed by atoms with van der Waals surface area (Å²) in [5.41, 5.74) is 0.